The van der Waals surface area contributed by atoms with Gasteiger partial charge < -0.3 is 0 Å². The number of nitrogens with one attached hydrogen (secondary N) is 1. The number of rotatable bonds is 2. The Bertz CT molecular complexity index is 276. The van der Waals surface area contributed by atoms with Crippen molar-refractivity contribution < 1.29 is 4.79 Å². The highest BCUT2D eigenvalue weighted by Gasteiger charge is 2.06. The van der Waals surface area contributed by atoms with Crippen LogP contribution in [0.1, 0.15) is 11.6 Å². The Balaban J connectivity index is 2.80. The number of halogens is 1. The van der Waals surface area contributed by atoms with E-state index in [1.54, 1.807) is 13.8 Å². The van der Waals surface area contributed by atoms with Gasteiger partial charge in [-0.15, -0.1) is 21.8 Å². The van der Waals surface area contributed by atoms with E-state index >= 15 is 0 Å². The zero-order chi connectivity index (χ0) is 9.14. The predicted octanol–water partition coefficient (Wildman–Crippen LogP) is 0.204. The summed E-state index contributed by atoms with van der Waals surface area (Å²) in [6.45, 7) is 3.49. The van der Waals surface area contributed by atoms with Gasteiger partial charge in [-0.2, -0.15) is 0 Å². The van der Waals surface area contributed by atoms with Crippen LogP contribution in [0.4, 0.5) is 0 Å². The Morgan fingerprint density at radius 3 is 2.42 bits per heavy atom. The van der Waals surface area contributed by atoms with Gasteiger partial charge in [-0.05, 0) is 13.8 Å². The lowest BCUT2D eigenvalue weighted by Crippen LogP contribution is -2.25. The van der Waals surface area contributed by atoms with Crippen molar-refractivity contribution in [2.75, 3.05) is 11.3 Å². The van der Waals surface area contributed by atoms with Crippen molar-refractivity contribution >= 4 is 17.5 Å². The molecular weight excluding hydrogens is 180 g/mol. The molecule has 1 rings (SSSR count). The maximum atomic E-state index is 10.9. The molecule has 1 aromatic heterocycles. The summed E-state index contributed by atoms with van der Waals surface area (Å²) in [7, 11) is 0. The van der Waals surface area contributed by atoms with Crippen LogP contribution in [-0.4, -0.2) is 26.7 Å². The average Bonchev–Trinajstić information content (AvgIpc) is 2.35. The van der Waals surface area contributed by atoms with Crippen LogP contribution in [0.3, 0.4) is 0 Å². The number of amides is 1. The minimum Gasteiger partial charge on any atom is -0.272 e. The van der Waals surface area contributed by atoms with Crippen LogP contribution in [0.25, 0.3) is 0 Å². The molecule has 5 nitrogen and oxygen atoms in total. The van der Waals surface area contributed by atoms with Gasteiger partial charge in [0.05, 0.1) is 0 Å². The lowest BCUT2D eigenvalue weighted by atomic mass is 10.6. The maximum Gasteiger partial charge on any atom is 0.253 e. The number of hydrogen-bond donors (Lipinski definition) is 1. The van der Waals surface area contributed by atoms with Crippen molar-refractivity contribution in [1.82, 2.24) is 14.9 Å². The number of carbonyl (C=O) groups is 1. The Morgan fingerprint density at radius 2 is 2.00 bits per heavy atom. The lowest BCUT2D eigenvalue weighted by molar-refractivity contribution is -0.114. The highest BCUT2D eigenvalue weighted by atomic mass is 35.5. The molecule has 66 valence electrons. The number of alkyl halides is 1. The molecule has 0 atom stereocenters. The van der Waals surface area contributed by atoms with Crippen LogP contribution < -0.4 is 5.43 Å². The predicted molar refractivity (Wildman–Crippen MR) is 44.6 cm³/mol. The summed E-state index contributed by atoms with van der Waals surface area (Å²) in [5.41, 5.74) is 2.53. The van der Waals surface area contributed by atoms with Crippen molar-refractivity contribution in [3.05, 3.63) is 11.6 Å². The molecule has 1 amide bonds. The third-order valence-corrected chi connectivity index (χ3v) is 1.59. The van der Waals surface area contributed by atoms with E-state index in [-0.39, 0.29) is 11.8 Å². The fraction of sp³-hybridized carbons (Fsp3) is 0.500. The normalized spacial score (nSPS) is 9.92. The van der Waals surface area contributed by atoms with Gasteiger partial charge in [0.15, 0.2) is 0 Å². The van der Waals surface area contributed by atoms with Crippen LogP contribution in [-0.2, 0) is 4.79 Å². The summed E-state index contributed by atoms with van der Waals surface area (Å²) in [4.78, 5) is 10.9. The molecule has 0 aliphatic carbocycles. The van der Waals surface area contributed by atoms with Crippen LogP contribution in [0, 0.1) is 13.8 Å². The maximum absolute atomic E-state index is 10.9. The molecule has 0 aliphatic heterocycles. The quantitative estimate of drug-likeness (QED) is 0.675. The second-order valence-corrected chi connectivity index (χ2v) is 2.57. The Hall–Kier alpha value is -1.10. The Kier molecular flexibility index (Phi) is 2.65. The number of hydrogen-bond acceptors (Lipinski definition) is 3. The molecule has 0 saturated carbocycles. The SMILES string of the molecule is Cc1nnc(C)n1NC(=O)CCl. The molecule has 0 saturated heterocycles. The van der Waals surface area contributed by atoms with Crippen molar-refractivity contribution in [3.8, 4) is 0 Å². The van der Waals surface area contributed by atoms with Crippen LogP contribution in [0.2, 0.25) is 0 Å². The first-order valence-electron chi connectivity index (χ1n) is 3.39. The van der Waals surface area contributed by atoms with Gasteiger partial charge in [0.1, 0.15) is 17.5 Å². The third kappa shape index (κ3) is 1.73. The van der Waals surface area contributed by atoms with E-state index in [1.165, 1.54) is 4.68 Å². The fourth-order valence-electron chi connectivity index (χ4n) is 0.785. The summed E-state index contributed by atoms with van der Waals surface area (Å²) in [6.07, 6.45) is 0. The second kappa shape index (κ2) is 3.53. The van der Waals surface area contributed by atoms with Gasteiger partial charge >= 0.3 is 0 Å². The highest BCUT2D eigenvalue weighted by molar-refractivity contribution is 6.28. The smallest absolute Gasteiger partial charge is 0.253 e. The first-order chi connectivity index (χ1) is 5.65. The zero-order valence-electron chi connectivity index (χ0n) is 6.83. The van der Waals surface area contributed by atoms with Crippen LogP contribution in [0.5, 0.6) is 0 Å². The van der Waals surface area contributed by atoms with E-state index < -0.39 is 0 Å². The molecule has 6 heteroatoms. The summed E-state index contributed by atoms with van der Waals surface area (Å²) >= 11 is 5.31. The van der Waals surface area contributed by atoms with Gasteiger partial charge in [-0.25, -0.2) is 4.68 Å². The fourth-order valence-corrected chi connectivity index (χ4v) is 0.844. The second-order valence-electron chi connectivity index (χ2n) is 2.30. The zero-order valence-corrected chi connectivity index (χ0v) is 7.59. The molecule has 1 N–H and O–H groups in total. The van der Waals surface area contributed by atoms with Crippen LogP contribution in [0.15, 0.2) is 0 Å². The van der Waals surface area contributed by atoms with Crippen molar-refractivity contribution in [2.45, 2.75) is 13.8 Å². The minimum absolute atomic E-state index is 0.0724. The first-order valence-corrected chi connectivity index (χ1v) is 3.93. The first kappa shape index (κ1) is 8.99. The average molecular weight is 189 g/mol. The highest BCUT2D eigenvalue weighted by Crippen LogP contribution is 1.95. The molecule has 0 radical (unpaired) electrons. The molecule has 0 fully saturated rings. The molecular formula is C6H9ClN4O. The molecule has 12 heavy (non-hydrogen) atoms. The third-order valence-electron chi connectivity index (χ3n) is 1.34. The summed E-state index contributed by atoms with van der Waals surface area (Å²) in [5.74, 6) is 0.913. The van der Waals surface area contributed by atoms with E-state index in [9.17, 15) is 4.79 Å². The van der Waals surface area contributed by atoms with Gasteiger partial charge in [0.25, 0.3) is 5.91 Å². The standard InChI is InChI=1S/C6H9ClN4O/c1-4-8-9-5(2)11(4)10-6(12)3-7/h3H2,1-2H3,(H,10,12). The van der Waals surface area contributed by atoms with Crippen molar-refractivity contribution in [3.63, 3.8) is 0 Å². The molecule has 0 aliphatic rings. The van der Waals surface area contributed by atoms with E-state index in [2.05, 4.69) is 15.6 Å². The lowest BCUT2D eigenvalue weighted by Gasteiger charge is -2.05. The molecule has 1 heterocycles. The number of carbonyl (C=O) groups excluding carboxylic acids is 1. The number of aryl methyl sites for hydroxylation is 2. The van der Waals surface area contributed by atoms with E-state index in [1.807, 2.05) is 0 Å². The van der Waals surface area contributed by atoms with Crippen LogP contribution >= 0.6 is 11.6 Å². The summed E-state index contributed by atoms with van der Waals surface area (Å²) in [5, 5.41) is 7.52. The Morgan fingerprint density at radius 1 is 1.50 bits per heavy atom. The van der Waals surface area contributed by atoms with Crippen molar-refractivity contribution in [1.29, 1.82) is 0 Å². The van der Waals surface area contributed by atoms with Gasteiger partial charge in [0, 0.05) is 0 Å². The summed E-state index contributed by atoms with van der Waals surface area (Å²) in [6, 6.07) is 0. The molecule has 0 unspecified atom stereocenters. The summed E-state index contributed by atoms with van der Waals surface area (Å²) < 4.78 is 1.49. The molecule has 0 spiro atoms. The topological polar surface area (TPSA) is 59.8 Å². The minimum atomic E-state index is -0.275. The van der Waals surface area contributed by atoms with E-state index in [0.29, 0.717) is 11.6 Å². The Labute approximate surface area is 74.7 Å². The monoisotopic (exact) mass is 188 g/mol. The van der Waals surface area contributed by atoms with E-state index in [4.69, 9.17) is 11.6 Å². The van der Waals surface area contributed by atoms with Gasteiger partial charge in [-0.3, -0.25) is 10.2 Å². The van der Waals surface area contributed by atoms with Crippen molar-refractivity contribution in [2.24, 2.45) is 0 Å². The molecule has 0 bridgehead atoms. The molecule has 1 aromatic rings. The van der Waals surface area contributed by atoms with E-state index in [0.717, 1.165) is 0 Å². The largest absolute Gasteiger partial charge is 0.272 e. The number of aromatic nitrogens is 3. The number of nitrogens with zero attached hydrogens (tertiary/aromatic N) is 3. The molecule has 0 aromatic carbocycles. The van der Waals surface area contributed by atoms with Gasteiger partial charge in [-0.1, -0.05) is 0 Å². The van der Waals surface area contributed by atoms with Gasteiger partial charge in [0.2, 0.25) is 0 Å².